The fourth-order valence-corrected chi connectivity index (χ4v) is 1.56. The van der Waals surface area contributed by atoms with E-state index in [9.17, 15) is 13.6 Å². The molecule has 0 fully saturated rings. The Morgan fingerprint density at radius 2 is 2.16 bits per heavy atom. The van der Waals surface area contributed by atoms with E-state index in [1.54, 1.807) is 0 Å². The van der Waals surface area contributed by atoms with Gasteiger partial charge in [-0.3, -0.25) is 0 Å². The van der Waals surface area contributed by atoms with Crippen molar-refractivity contribution in [3.8, 4) is 17.1 Å². The smallest absolute Gasteiger partial charge is 0.358 e. The summed E-state index contributed by atoms with van der Waals surface area (Å²) in [6.45, 7) is 0. The van der Waals surface area contributed by atoms with E-state index in [0.717, 1.165) is 6.07 Å². The number of carbonyl (C=O) groups is 1. The number of hydrogen-bond acceptors (Lipinski definition) is 4. The van der Waals surface area contributed by atoms with Gasteiger partial charge in [0.05, 0.1) is 12.7 Å². The highest BCUT2D eigenvalue weighted by Crippen LogP contribution is 2.34. The fourth-order valence-electron chi connectivity index (χ4n) is 1.56. The summed E-state index contributed by atoms with van der Waals surface area (Å²) in [6, 6.07) is 4.91. The zero-order valence-corrected chi connectivity index (χ0v) is 9.76. The summed E-state index contributed by atoms with van der Waals surface area (Å²) in [7, 11) is 1.37. The number of rotatable bonds is 4. The molecule has 1 aromatic carbocycles. The van der Waals surface area contributed by atoms with Gasteiger partial charge in [0.25, 0.3) is 6.43 Å². The van der Waals surface area contributed by atoms with Crippen molar-refractivity contribution in [3.05, 3.63) is 35.5 Å². The number of alkyl halides is 2. The van der Waals surface area contributed by atoms with Crippen LogP contribution in [0.15, 0.2) is 28.8 Å². The van der Waals surface area contributed by atoms with Crippen molar-refractivity contribution in [1.82, 2.24) is 5.16 Å². The highest BCUT2D eigenvalue weighted by Gasteiger charge is 2.18. The minimum atomic E-state index is -2.65. The van der Waals surface area contributed by atoms with Gasteiger partial charge in [0.1, 0.15) is 5.75 Å². The van der Waals surface area contributed by atoms with Crippen LogP contribution in [-0.2, 0) is 0 Å². The van der Waals surface area contributed by atoms with Crippen molar-refractivity contribution in [2.75, 3.05) is 7.11 Å². The maximum absolute atomic E-state index is 12.7. The van der Waals surface area contributed by atoms with E-state index in [2.05, 4.69) is 5.16 Å². The Bertz CT molecular complexity index is 610. The second-order valence-corrected chi connectivity index (χ2v) is 3.64. The monoisotopic (exact) mass is 269 g/mol. The summed E-state index contributed by atoms with van der Waals surface area (Å²) in [5.74, 6) is -0.923. The molecule has 0 unspecified atom stereocenters. The van der Waals surface area contributed by atoms with Crippen molar-refractivity contribution in [1.29, 1.82) is 0 Å². The first kappa shape index (κ1) is 13.0. The topological polar surface area (TPSA) is 72.6 Å². The number of benzene rings is 1. The van der Waals surface area contributed by atoms with E-state index in [0.29, 0.717) is 0 Å². The van der Waals surface area contributed by atoms with Gasteiger partial charge in [-0.25, -0.2) is 13.6 Å². The minimum Gasteiger partial charge on any atom is -0.496 e. The Kier molecular flexibility index (Phi) is 3.46. The predicted octanol–water partition coefficient (Wildman–Crippen LogP) is 2.99. The highest BCUT2D eigenvalue weighted by molar-refractivity contribution is 5.86. The van der Waals surface area contributed by atoms with E-state index < -0.39 is 12.4 Å². The first-order valence-electron chi connectivity index (χ1n) is 5.19. The second-order valence-electron chi connectivity index (χ2n) is 3.64. The van der Waals surface area contributed by atoms with E-state index in [4.69, 9.17) is 14.4 Å². The molecule has 0 saturated carbocycles. The normalized spacial score (nSPS) is 10.7. The van der Waals surface area contributed by atoms with Gasteiger partial charge in [0.15, 0.2) is 11.5 Å². The lowest BCUT2D eigenvalue weighted by molar-refractivity contribution is 0.0686. The molecular formula is C12H9F2NO4. The molecule has 100 valence electrons. The molecule has 0 aliphatic carbocycles. The Morgan fingerprint density at radius 3 is 2.68 bits per heavy atom. The van der Waals surface area contributed by atoms with Gasteiger partial charge in [0.2, 0.25) is 0 Å². The number of aromatic nitrogens is 1. The lowest BCUT2D eigenvalue weighted by atomic mass is 10.1. The lowest BCUT2D eigenvalue weighted by Crippen LogP contribution is -1.94. The van der Waals surface area contributed by atoms with Crippen LogP contribution in [0, 0.1) is 0 Å². The third kappa shape index (κ3) is 2.54. The summed E-state index contributed by atoms with van der Waals surface area (Å²) in [6.07, 6.45) is -2.65. The molecule has 0 atom stereocenters. The van der Waals surface area contributed by atoms with Crippen LogP contribution in [0.3, 0.4) is 0 Å². The average molecular weight is 269 g/mol. The number of aromatic carboxylic acids is 1. The Hall–Kier alpha value is -2.44. The zero-order valence-electron chi connectivity index (χ0n) is 9.76. The molecule has 2 aromatic rings. The highest BCUT2D eigenvalue weighted by atomic mass is 19.3. The number of halogens is 2. The molecule has 7 heteroatoms. The lowest BCUT2D eigenvalue weighted by Gasteiger charge is -2.07. The van der Waals surface area contributed by atoms with Crippen LogP contribution in [-0.4, -0.2) is 23.3 Å². The minimum absolute atomic E-state index is 0.0525. The van der Waals surface area contributed by atoms with Crippen molar-refractivity contribution in [2.45, 2.75) is 6.43 Å². The standard InChI is InChI=1S/C12H9F2NO4/c1-18-9-3-2-6(11(13)14)4-7(9)10-5-8(12(16)17)15-19-10/h2-5,11H,1H3,(H,16,17). The van der Waals surface area contributed by atoms with Crippen LogP contribution in [0.4, 0.5) is 8.78 Å². The molecule has 2 rings (SSSR count). The summed E-state index contributed by atoms with van der Waals surface area (Å²) in [5, 5.41) is 12.1. The molecule has 1 aromatic heterocycles. The SMILES string of the molecule is COc1ccc(C(F)F)cc1-c1cc(C(=O)O)no1. The van der Waals surface area contributed by atoms with Crippen LogP contribution < -0.4 is 4.74 Å². The van der Waals surface area contributed by atoms with Gasteiger partial charge >= 0.3 is 5.97 Å². The first-order valence-corrected chi connectivity index (χ1v) is 5.19. The maximum Gasteiger partial charge on any atom is 0.358 e. The summed E-state index contributed by atoms with van der Waals surface area (Å²) in [5.41, 5.74) is -0.302. The molecule has 5 nitrogen and oxygen atoms in total. The Balaban J connectivity index is 2.51. The molecule has 0 saturated heterocycles. The first-order chi connectivity index (χ1) is 9.02. The molecule has 0 aliphatic heterocycles. The molecule has 0 amide bonds. The molecule has 19 heavy (non-hydrogen) atoms. The van der Waals surface area contributed by atoms with Gasteiger partial charge in [0, 0.05) is 11.6 Å². The third-order valence-corrected chi connectivity index (χ3v) is 2.47. The van der Waals surface area contributed by atoms with Crippen LogP contribution in [0.2, 0.25) is 0 Å². The number of carboxylic acids is 1. The molecular weight excluding hydrogens is 260 g/mol. The van der Waals surface area contributed by atoms with Gasteiger partial charge in [-0.2, -0.15) is 0 Å². The Labute approximate surface area is 106 Å². The third-order valence-electron chi connectivity index (χ3n) is 2.47. The Morgan fingerprint density at radius 1 is 1.42 bits per heavy atom. The number of methoxy groups -OCH3 is 1. The van der Waals surface area contributed by atoms with Crippen molar-refractivity contribution >= 4 is 5.97 Å². The van der Waals surface area contributed by atoms with Crippen LogP contribution in [0.25, 0.3) is 11.3 Å². The molecule has 0 spiro atoms. The van der Waals surface area contributed by atoms with Gasteiger partial charge in [-0.15, -0.1) is 0 Å². The van der Waals surface area contributed by atoms with E-state index in [1.807, 2.05) is 0 Å². The van der Waals surface area contributed by atoms with E-state index >= 15 is 0 Å². The van der Waals surface area contributed by atoms with E-state index in [-0.39, 0.29) is 28.3 Å². The molecule has 0 bridgehead atoms. The zero-order chi connectivity index (χ0) is 14.0. The number of nitrogens with zero attached hydrogens (tertiary/aromatic N) is 1. The number of carboxylic acid groups (broad SMARTS) is 1. The van der Waals surface area contributed by atoms with Gasteiger partial charge in [-0.1, -0.05) is 5.16 Å². The van der Waals surface area contributed by atoms with Crippen molar-refractivity contribution < 1.29 is 27.9 Å². The fraction of sp³-hybridized carbons (Fsp3) is 0.167. The molecule has 1 heterocycles. The van der Waals surface area contributed by atoms with Crippen molar-refractivity contribution in [2.24, 2.45) is 0 Å². The predicted molar refractivity (Wildman–Crippen MR) is 60.4 cm³/mol. The maximum atomic E-state index is 12.7. The number of ether oxygens (including phenoxy) is 1. The van der Waals surface area contributed by atoms with Crippen LogP contribution in [0.5, 0.6) is 5.75 Å². The summed E-state index contributed by atoms with van der Waals surface area (Å²) < 4.78 is 35.2. The van der Waals surface area contributed by atoms with Gasteiger partial charge in [-0.05, 0) is 18.2 Å². The van der Waals surface area contributed by atoms with Crippen LogP contribution in [0.1, 0.15) is 22.5 Å². The molecule has 0 aliphatic rings. The van der Waals surface area contributed by atoms with Crippen molar-refractivity contribution in [3.63, 3.8) is 0 Å². The average Bonchev–Trinajstić information content (AvgIpc) is 2.87. The second kappa shape index (κ2) is 5.05. The van der Waals surface area contributed by atoms with Crippen LogP contribution >= 0.6 is 0 Å². The summed E-state index contributed by atoms with van der Waals surface area (Å²) in [4.78, 5) is 10.7. The molecule has 0 radical (unpaired) electrons. The quantitative estimate of drug-likeness (QED) is 0.923. The summed E-state index contributed by atoms with van der Waals surface area (Å²) >= 11 is 0. The largest absolute Gasteiger partial charge is 0.496 e. The molecule has 1 N–H and O–H groups in total. The van der Waals surface area contributed by atoms with E-state index in [1.165, 1.54) is 25.3 Å². The number of hydrogen-bond donors (Lipinski definition) is 1. The van der Waals surface area contributed by atoms with Gasteiger partial charge < -0.3 is 14.4 Å².